The fourth-order valence-electron chi connectivity index (χ4n) is 4.24. The maximum Gasteiger partial charge on any atom is 0.186 e. The molecule has 1 aliphatic carbocycles. The molecule has 0 N–H and O–H groups in total. The van der Waals surface area contributed by atoms with Crippen molar-refractivity contribution < 1.29 is 17.6 Å². The third-order valence-corrected chi connectivity index (χ3v) is 7.73. The van der Waals surface area contributed by atoms with Gasteiger partial charge in [-0.15, -0.1) is 0 Å². The Morgan fingerprint density at radius 2 is 1.88 bits per heavy atom. The molecule has 33 heavy (non-hydrogen) atoms. The number of fused-ring (bicyclic) bond motifs is 1. The Balaban J connectivity index is 1.32. The Morgan fingerprint density at radius 3 is 2.70 bits per heavy atom. The van der Waals surface area contributed by atoms with Crippen molar-refractivity contribution in [2.75, 3.05) is 0 Å². The molecule has 2 unspecified atom stereocenters. The minimum atomic E-state index is -3.91. The van der Waals surface area contributed by atoms with E-state index in [0.29, 0.717) is 24.1 Å². The Hall–Kier alpha value is -3.45. The van der Waals surface area contributed by atoms with Gasteiger partial charge in [-0.3, -0.25) is 14.8 Å². The van der Waals surface area contributed by atoms with E-state index in [1.54, 1.807) is 36.7 Å². The summed E-state index contributed by atoms with van der Waals surface area (Å²) < 4.78 is 40.1. The van der Waals surface area contributed by atoms with Crippen LogP contribution in [0, 0.1) is 11.7 Å². The van der Waals surface area contributed by atoms with Crippen LogP contribution in [-0.4, -0.2) is 24.2 Å². The summed E-state index contributed by atoms with van der Waals surface area (Å²) in [7, 11) is -3.91. The topological polar surface area (TPSA) is 77.0 Å². The van der Waals surface area contributed by atoms with Gasteiger partial charge in [-0.1, -0.05) is 30.3 Å². The van der Waals surface area contributed by atoms with Crippen molar-refractivity contribution >= 4 is 26.4 Å². The second kappa shape index (κ2) is 8.48. The Morgan fingerprint density at radius 1 is 1.00 bits per heavy atom. The normalized spacial score (nSPS) is 17.7. The van der Waals surface area contributed by atoms with Crippen LogP contribution in [-0.2, 0) is 26.8 Å². The molecule has 0 aliphatic heterocycles. The molecule has 0 amide bonds. The smallest absolute Gasteiger partial charge is 0.186 e. The first kappa shape index (κ1) is 21.4. The van der Waals surface area contributed by atoms with Gasteiger partial charge >= 0.3 is 0 Å². The van der Waals surface area contributed by atoms with E-state index in [0.717, 1.165) is 16.3 Å². The molecule has 5 rings (SSSR count). The van der Waals surface area contributed by atoms with Gasteiger partial charge in [0.15, 0.2) is 9.84 Å². The third kappa shape index (κ3) is 4.54. The molecule has 2 aromatic carbocycles. The molecule has 5 nitrogen and oxygen atoms in total. The van der Waals surface area contributed by atoms with Crippen molar-refractivity contribution in [3.8, 4) is 0 Å². The molecule has 1 fully saturated rings. The van der Waals surface area contributed by atoms with Gasteiger partial charge < -0.3 is 0 Å². The zero-order valence-electron chi connectivity index (χ0n) is 17.7. The number of nitrogens with zero attached hydrogens (tertiary/aromatic N) is 2. The number of benzene rings is 2. The molecular formula is C26H21FN2O3S. The van der Waals surface area contributed by atoms with Crippen LogP contribution >= 0.6 is 0 Å². The van der Waals surface area contributed by atoms with Crippen molar-refractivity contribution in [1.29, 1.82) is 0 Å². The minimum absolute atomic E-state index is 0.0912. The first-order valence-electron chi connectivity index (χ1n) is 10.7. The second-order valence-corrected chi connectivity index (χ2v) is 10.4. The number of pyridine rings is 2. The molecule has 0 radical (unpaired) electrons. The highest BCUT2D eigenvalue weighted by Gasteiger charge is 2.43. The van der Waals surface area contributed by atoms with E-state index in [1.807, 2.05) is 24.3 Å². The number of carbonyl (C=O) groups is 1. The monoisotopic (exact) mass is 460 g/mol. The van der Waals surface area contributed by atoms with E-state index >= 15 is 0 Å². The number of halogens is 1. The fraction of sp³-hybridized carbons (Fsp3) is 0.192. The van der Waals surface area contributed by atoms with Gasteiger partial charge in [0.05, 0.1) is 11.4 Å². The molecule has 2 aromatic heterocycles. The number of ketones is 1. The van der Waals surface area contributed by atoms with E-state index in [4.69, 9.17) is 0 Å². The van der Waals surface area contributed by atoms with E-state index in [9.17, 15) is 17.6 Å². The average Bonchev–Trinajstić information content (AvgIpc) is 3.61. The first-order valence-corrected chi connectivity index (χ1v) is 12.3. The summed E-state index contributed by atoms with van der Waals surface area (Å²) >= 11 is 0. The standard InChI is InChI=1S/C26H21FN2O3S/c27-24-7-6-19(13-26(24)33(31,32)16-21-3-1-2-9-29-21)22-14-23(22)25(30)12-17-4-5-20-15-28-10-8-18(20)11-17/h1-11,13,15,22-23H,12,14,16H2. The van der Waals surface area contributed by atoms with Gasteiger partial charge in [-0.2, -0.15) is 0 Å². The van der Waals surface area contributed by atoms with Gasteiger partial charge in [0.25, 0.3) is 0 Å². The molecular weight excluding hydrogens is 439 g/mol. The molecule has 2 heterocycles. The maximum absolute atomic E-state index is 14.5. The quantitative estimate of drug-likeness (QED) is 0.401. The van der Waals surface area contributed by atoms with Crippen molar-refractivity contribution in [1.82, 2.24) is 9.97 Å². The highest BCUT2D eigenvalue weighted by molar-refractivity contribution is 7.90. The summed E-state index contributed by atoms with van der Waals surface area (Å²) in [6.45, 7) is 0. The average molecular weight is 461 g/mol. The lowest BCUT2D eigenvalue weighted by molar-refractivity contribution is -0.119. The minimum Gasteiger partial charge on any atom is -0.299 e. The van der Waals surface area contributed by atoms with Crippen LogP contribution < -0.4 is 0 Å². The molecule has 7 heteroatoms. The molecule has 2 atom stereocenters. The van der Waals surface area contributed by atoms with Gasteiger partial charge in [-0.25, -0.2) is 12.8 Å². The van der Waals surface area contributed by atoms with Crippen molar-refractivity contribution in [3.63, 3.8) is 0 Å². The van der Waals surface area contributed by atoms with Gasteiger partial charge in [0.2, 0.25) is 0 Å². The van der Waals surface area contributed by atoms with Crippen LogP contribution in [0.15, 0.2) is 84.1 Å². The zero-order chi connectivity index (χ0) is 23.0. The molecule has 0 saturated heterocycles. The van der Waals surface area contributed by atoms with Gasteiger partial charge in [0.1, 0.15) is 16.5 Å². The predicted octanol–water partition coefficient (Wildman–Crippen LogP) is 4.66. The van der Waals surface area contributed by atoms with E-state index in [-0.39, 0.29) is 28.3 Å². The van der Waals surface area contributed by atoms with Crippen molar-refractivity contribution in [2.24, 2.45) is 5.92 Å². The highest BCUT2D eigenvalue weighted by atomic mass is 32.2. The third-order valence-electron chi connectivity index (χ3n) is 6.07. The van der Waals surface area contributed by atoms with Crippen molar-refractivity contribution in [3.05, 3.63) is 102 Å². The summed E-state index contributed by atoms with van der Waals surface area (Å²) in [5.41, 5.74) is 1.97. The van der Waals surface area contributed by atoms with E-state index in [1.165, 1.54) is 18.3 Å². The number of aromatic nitrogens is 2. The second-order valence-electron chi connectivity index (χ2n) is 8.42. The lowest BCUT2D eigenvalue weighted by Gasteiger charge is -2.08. The SMILES string of the molecule is O=C(Cc1ccc2cnccc2c1)C1CC1c1ccc(F)c(S(=O)(=O)Cc2ccccn2)c1. The number of hydrogen-bond donors (Lipinski definition) is 0. The summed E-state index contributed by atoms with van der Waals surface area (Å²) in [6, 6.07) is 16.9. The van der Waals surface area contributed by atoms with E-state index < -0.39 is 15.7 Å². The lowest BCUT2D eigenvalue weighted by atomic mass is 10.0. The van der Waals surface area contributed by atoms with Crippen LogP contribution in [0.2, 0.25) is 0 Å². The largest absolute Gasteiger partial charge is 0.299 e. The summed E-state index contributed by atoms with van der Waals surface area (Å²) in [5, 5.41) is 2.05. The fourth-order valence-corrected chi connectivity index (χ4v) is 5.64. The van der Waals surface area contributed by atoms with Crippen LogP contribution in [0.3, 0.4) is 0 Å². The summed E-state index contributed by atoms with van der Waals surface area (Å²) in [4.78, 5) is 20.7. The summed E-state index contributed by atoms with van der Waals surface area (Å²) in [6.07, 6.45) is 5.96. The van der Waals surface area contributed by atoms with E-state index in [2.05, 4.69) is 9.97 Å². The number of hydrogen-bond acceptors (Lipinski definition) is 5. The number of Topliss-reactive ketones (excluding diaryl/α,β-unsaturated/α-hetero) is 1. The maximum atomic E-state index is 14.5. The number of rotatable bonds is 7. The Kier molecular flexibility index (Phi) is 5.50. The van der Waals surface area contributed by atoms with Crippen LogP contribution in [0.1, 0.15) is 29.2 Å². The first-order chi connectivity index (χ1) is 15.9. The van der Waals surface area contributed by atoms with Crippen LogP contribution in [0.5, 0.6) is 0 Å². The van der Waals surface area contributed by atoms with Crippen LogP contribution in [0.25, 0.3) is 10.8 Å². The summed E-state index contributed by atoms with van der Waals surface area (Å²) in [5.74, 6) is -1.33. The molecule has 0 spiro atoms. The lowest BCUT2D eigenvalue weighted by Crippen LogP contribution is -2.10. The Labute approximate surface area is 191 Å². The predicted molar refractivity (Wildman–Crippen MR) is 123 cm³/mol. The van der Waals surface area contributed by atoms with Crippen LogP contribution in [0.4, 0.5) is 4.39 Å². The molecule has 0 bridgehead atoms. The van der Waals surface area contributed by atoms with Gasteiger partial charge in [-0.05, 0) is 59.2 Å². The highest BCUT2D eigenvalue weighted by Crippen LogP contribution is 2.49. The number of carbonyl (C=O) groups excluding carboxylic acids is 1. The Bertz CT molecular complexity index is 1460. The zero-order valence-corrected chi connectivity index (χ0v) is 18.5. The molecule has 166 valence electrons. The number of sulfone groups is 1. The molecule has 4 aromatic rings. The van der Waals surface area contributed by atoms with Crippen molar-refractivity contribution in [2.45, 2.75) is 29.4 Å². The molecule has 1 saturated carbocycles. The molecule has 1 aliphatic rings. The van der Waals surface area contributed by atoms with Gasteiger partial charge in [0, 0.05) is 36.3 Å².